The Balaban J connectivity index is 0.678. The van der Waals surface area contributed by atoms with E-state index in [4.69, 9.17) is 17.3 Å². The number of nitrogens with two attached hydrogens (primary N) is 1. The lowest BCUT2D eigenvalue weighted by molar-refractivity contribution is -0.144. The number of benzene rings is 2. The van der Waals surface area contributed by atoms with Gasteiger partial charge in [0.05, 0.1) is 39.2 Å². The minimum atomic E-state index is -1.02. The molecule has 0 radical (unpaired) electrons. The van der Waals surface area contributed by atoms with E-state index in [9.17, 15) is 29.1 Å². The minimum absolute atomic E-state index is 0.0271. The number of aryl methyl sites for hydroxylation is 1. The number of aliphatic hydroxyl groups excluding tert-OH is 1. The lowest BCUT2D eigenvalue weighted by Crippen LogP contribution is -2.60. The first-order valence-corrected chi connectivity index (χ1v) is 29.6. The van der Waals surface area contributed by atoms with E-state index in [2.05, 4.69) is 45.7 Å². The van der Waals surface area contributed by atoms with Crippen LogP contribution in [-0.2, 0) is 30.5 Å². The SMILES string of the molecule is Cc1ncsc1-c1ccc(CNC(=O)[C@@H]2C[C@@H](O)CN2C(=O)C(NC(=O)CCCCCCCCCCC(=O)N2CCN(CCC(NC(=O)C3(N)CCN(c4ncnc5[nH]ccc45)CC3)c3ccc(Cl)cc3)CC2)C(C)(C)C)cc1. The van der Waals surface area contributed by atoms with E-state index in [1.807, 2.05) is 98.9 Å². The van der Waals surface area contributed by atoms with E-state index < -0.39 is 29.1 Å². The second kappa shape index (κ2) is 27.5. The number of nitrogens with one attached hydrogen (secondary N) is 4. The van der Waals surface area contributed by atoms with E-state index in [1.165, 1.54) is 4.90 Å². The zero-order chi connectivity index (χ0) is 56.1. The predicted molar refractivity (Wildman–Crippen MR) is 310 cm³/mol. The van der Waals surface area contributed by atoms with E-state index in [0.29, 0.717) is 69.7 Å². The third-order valence-corrected chi connectivity index (χ3v) is 17.3. The molecular weight excluding hydrogens is 1040 g/mol. The standard InChI is InChI=1S/C59H81ClN12O6S/c1-40-51(79-39-66-40)43-17-15-41(16-18-43)36-63-55(76)48-35-45(73)37-72(48)56(77)52(58(2,3)4)68-49(74)13-11-9-7-5-6-8-10-12-14-50(75)70-33-31-69(32-34-70)28-24-47(42-19-21-44(60)22-20-42)67-57(78)59(61)25-29-71(30-26-59)54-46-23-27-62-53(46)64-38-65-54/h15-23,27,38-39,45,47-48,52,73H,5-14,24-26,28-37,61H2,1-4H3,(H,63,76)(H,67,78)(H,68,74)(H,62,64,65)/t45-,47?,48+,52?/m1/s1. The number of carbonyl (C=O) groups is 5. The highest BCUT2D eigenvalue weighted by atomic mass is 35.5. The number of halogens is 1. The highest BCUT2D eigenvalue weighted by Gasteiger charge is 2.45. The molecule has 5 aromatic rings. The number of carbonyl (C=O) groups excluding carboxylic acids is 5. The third-order valence-electron chi connectivity index (χ3n) is 16.0. The lowest BCUT2D eigenvalue weighted by atomic mass is 9.85. The number of β-amino-alcohol motifs (C(OH)–C–C–N with tert-alkyl or cyclic N) is 1. The molecule has 3 aliphatic rings. The fraction of sp³-hybridized carbons (Fsp3) is 0.559. The molecule has 426 valence electrons. The van der Waals surface area contributed by atoms with Crippen LogP contribution in [0.2, 0.25) is 5.02 Å². The molecule has 7 N–H and O–H groups in total. The molecule has 3 aromatic heterocycles. The van der Waals surface area contributed by atoms with Crippen LogP contribution in [0.1, 0.15) is 134 Å². The largest absolute Gasteiger partial charge is 0.391 e. The number of nitrogens with zero attached hydrogens (tertiary/aromatic N) is 7. The van der Waals surface area contributed by atoms with Gasteiger partial charge < -0.3 is 46.5 Å². The molecule has 18 nitrogen and oxygen atoms in total. The maximum absolute atomic E-state index is 14.1. The Morgan fingerprint density at radius 3 is 2.18 bits per heavy atom. The van der Waals surface area contributed by atoms with Crippen LogP contribution in [0.4, 0.5) is 5.82 Å². The Bertz CT molecular complexity index is 2820. The number of H-pyrrole nitrogens is 1. The van der Waals surface area contributed by atoms with Gasteiger partial charge in [-0.1, -0.05) is 107 Å². The van der Waals surface area contributed by atoms with E-state index in [-0.39, 0.29) is 55.1 Å². The number of aromatic amines is 1. The monoisotopic (exact) mass is 1120 g/mol. The van der Waals surface area contributed by atoms with Gasteiger partial charge in [0, 0.05) is 89.4 Å². The molecule has 5 amide bonds. The average Bonchev–Trinajstić information content (AvgIpc) is 4.26. The Morgan fingerprint density at radius 2 is 1.52 bits per heavy atom. The number of amides is 5. The summed E-state index contributed by atoms with van der Waals surface area (Å²) in [4.78, 5) is 93.4. The summed E-state index contributed by atoms with van der Waals surface area (Å²) in [6.45, 7) is 12.8. The molecular formula is C59H81ClN12O6S. The van der Waals surface area contributed by atoms with Crippen molar-refractivity contribution in [1.29, 1.82) is 0 Å². The number of rotatable bonds is 24. The summed E-state index contributed by atoms with van der Waals surface area (Å²) in [5.41, 5.74) is 11.7. The summed E-state index contributed by atoms with van der Waals surface area (Å²) in [5, 5.41) is 21.5. The molecule has 2 aromatic carbocycles. The number of hydrogen-bond donors (Lipinski definition) is 6. The van der Waals surface area contributed by atoms with E-state index in [1.54, 1.807) is 17.7 Å². The first-order chi connectivity index (χ1) is 38.0. The van der Waals surface area contributed by atoms with Crippen molar-refractivity contribution >= 4 is 69.3 Å². The van der Waals surface area contributed by atoms with Crippen molar-refractivity contribution in [2.45, 2.75) is 154 Å². The van der Waals surface area contributed by atoms with Crippen LogP contribution >= 0.6 is 22.9 Å². The van der Waals surface area contributed by atoms with Crippen molar-refractivity contribution in [2.24, 2.45) is 11.1 Å². The number of anilines is 1. The molecule has 3 saturated heterocycles. The smallest absolute Gasteiger partial charge is 0.246 e. The maximum Gasteiger partial charge on any atom is 0.246 e. The fourth-order valence-corrected chi connectivity index (χ4v) is 12.0. The van der Waals surface area contributed by atoms with Crippen LogP contribution in [0.25, 0.3) is 21.5 Å². The topological polar surface area (TPSA) is 235 Å². The Hall–Kier alpha value is -5.99. The second-order valence-electron chi connectivity index (χ2n) is 22.9. The molecule has 3 fully saturated rings. The Labute approximate surface area is 474 Å². The van der Waals surface area contributed by atoms with Crippen molar-refractivity contribution < 1.29 is 29.1 Å². The number of aromatic nitrogens is 4. The number of thiazole rings is 1. The summed E-state index contributed by atoms with van der Waals surface area (Å²) in [5.74, 6) is -0.0118. The van der Waals surface area contributed by atoms with Gasteiger partial charge >= 0.3 is 0 Å². The molecule has 2 unspecified atom stereocenters. The third kappa shape index (κ3) is 15.9. The number of piperazine rings is 1. The van der Waals surface area contributed by atoms with E-state index >= 15 is 0 Å². The van der Waals surface area contributed by atoms with Crippen molar-refractivity contribution in [3.8, 4) is 10.4 Å². The summed E-state index contributed by atoms with van der Waals surface area (Å²) in [7, 11) is 0. The van der Waals surface area contributed by atoms with Gasteiger partial charge in [-0.3, -0.25) is 28.9 Å². The first kappa shape index (κ1) is 59.1. The normalized spacial score (nSPS) is 18.6. The molecule has 8 rings (SSSR count). The minimum Gasteiger partial charge on any atom is -0.391 e. The molecule has 3 aliphatic heterocycles. The number of fused-ring (bicyclic) bond motifs is 1. The zero-order valence-corrected chi connectivity index (χ0v) is 48.1. The molecule has 4 atom stereocenters. The highest BCUT2D eigenvalue weighted by molar-refractivity contribution is 7.13. The van der Waals surface area contributed by atoms with Gasteiger partial charge in [0.25, 0.3) is 0 Å². The molecule has 79 heavy (non-hydrogen) atoms. The number of unbranched alkanes of at least 4 members (excludes halogenated alkanes) is 7. The van der Waals surface area contributed by atoms with Gasteiger partial charge in [-0.15, -0.1) is 11.3 Å². The molecule has 0 saturated carbocycles. The summed E-state index contributed by atoms with van der Waals surface area (Å²) in [6.07, 6.45) is 12.8. The maximum atomic E-state index is 14.1. The lowest BCUT2D eigenvalue weighted by Gasteiger charge is -2.39. The quantitative estimate of drug-likeness (QED) is 0.0331. The zero-order valence-electron chi connectivity index (χ0n) is 46.5. The van der Waals surface area contributed by atoms with Gasteiger partial charge in [-0.25, -0.2) is 15.0 Å². The summed E-state index contributed by atoms with van der Waals surface area (Å²) in [6, 6.07) is 15.6. The van der Waals surface area contributed by atoms with Gasteiger partial charge in [0.15, 0.2) is 0 Å². The Kier molecular flexibility index (Phi) is 20.6. The van der Waals surface area contributed by atoms with Crippen LogP contribution in [0.5, 0.6) is 0 Å². The van der Waals surface area contributed by atoms with Gasteiger partial charge in [-0.2, -0.15) is 0 Å². The fourth-order valence-electron chi connectivity index (χ4n) is 11.1. The Morgan fingerprint density at radius 1 is 0.848 bits per heavy atom. The molecule has 0 bridgehead atoms. The highest BCUT2D eigenvalue weighted by Crippen LogP contribution is 2.32. The van der Waals surface area contributed by atoms with Gasteiger partial charge in [0.2, 0.25) is 29.5 Å². The summed E-state index contributed by atoms with van der Waals surface area (Å²) >= 11 is 7.84. The van der Waals surface area contributed by atoms with Crippen LogP contribution < -0.4 is 26.6 Å². The number of aliphatic hydroxyl groups is 1. The molecule has 20 heteroatoms. The van der Waals surface area contributed by atoms with Crippen molar-refractivity contribution in [2.75, 3.05) is 57.3 Å². The molecule has 0 spiro atoms. The van der Waals surface area contributed by atoms with Crippen LogP contribution in [0, 0.1) is 12.3 Å². The number of piperidine rings is 1. The molecule has 6 heterocycles. The number of likely N-dealkylation sites (tertiary alicyclic amines) is 1. The van der Waals surface area contributed by atoms with Crippen LogP contribution in [0.3, 0.4) is 0 Å². The van der Waals surface area contributed by atoms with Crippen LogP contribution in [0.15, 0.2) is 72.6 Å². The van der Waals surface area contributed by atoms with Gasteiger partial charge in [0.1, 0.15) is 29.9 Å². The van der Waals surface area contributed by atoms with Crippen molar-refractivity contribution in [3.05, 3.63) is 94.5 Å². The van der Waals surface area contributed by atoms with E-state index in [0.717, 1.165) is 109 Å². The first-order valence-electron chi connectivity index (χ1n) is 28.4. The summed E-state index contributed by atoms with van der Waals surface area (Å²) < 4.78 is 0. The average molecular weight is 1120 g/mol. The van der Waals surface area contributed by atoms with Crippen molar-refractivity contribution in [3.63, 3.8) is 0 Å². The van der Waals surface area contributed by atoms with Crippen molar-refractivity contribution in [1.82, 2.24) is 50.6 Å². The van der Waals surface area contributed by atoms with Crippen LogP contribution in [-0.4, -0.2) is 145 Å². The van der Waals surface area contributed by atoms with Gasteiger partial charge in [-0.05, 0) is 79.3 Å². The molecule has 0 aliphatic carbocycles. The number of hydrogen-bond acceptors (Lipinski definition) is 13. The predicted octanol–water partition coefficient (Wildman–Crippen LogP) is 7.44. The second-order valence-corrected chi connectivity index (χ2v) is 24.2.